The summed E-state index contributed by atoms with van der Waals surface area (Å²) in [5, 5.41) is 7.07. The highest BCUT2D eigenvalue weighted by Gasteiger charge is 2.25. The fourth-order valence-corrected chi connectivity index (χ4v) is 4.07. The van der Waals surface area contributed by atoms with Crippen molar-refractivity contribution in [1.82, 2.24) is 29.3 Å². The first kappa shape index (κ1) is 21.9. The maximum atomic E-state index is 13.8. The zero-order valence-corrected chi connectivity index (χ0v) is 19.1. The van der Waals surface area contributed by atoms with Crippen LogP contribution in [0.3, 0.4) is 0 Å². The summed E-state index contributed by atoms with van der Waals surface area (Å²) in [6.45, 7) is 3.48. The molecule has 9 nitrogen and oxygen atoms in total. The van der Waals surface area contributed by atoms with Gasteiger partial charge in [-0.1, -0.05) is 42.3 Å². The van der Waals surface area contributed by atoms with E-state index in [-0.39, 0.29) is 16.9 Å². The van der Waals surface area contributed by atoms with Crippen molar-refractivity contribution in [1.29, 1.82) is 0 Å². The molecule has 1 aromatic carbocycles. The number of fused-ring (bicyclic) bond motifs is 2. The third-order valence-electron chi connectivity index (χ3n) is 5.60. The van der Waals surface area contributed by atoms with Gasteiger partial charge in [-0.2, -0.15) is 0 Å². The molecule has 5 aromatic rings. The van der Waals surface area contributed by atoms with Crippen LogP contribution in [-0.2, 0) is 0 Å². The molecule has 0 saturated carbocycles. The molecule has 1 amide bonds. The van der Waals surface area contributed by atoms with Gasteiger partial charge in [0, 0.05) is 12.4 Å². The van der Waals surface area contributed by atoms with Crippen LogP contribution < -0.4 is 16.6 Å². The molecule has 1 atom stereocenters. The minimum Gasteiger partial charge on any atom is -0.381 e. The van der Waals surface area contributed by atoms with Crippen molar-refractivity contribution in [3.63, 3.8) is 0 Å². The van der Waals surface area contributed by atoms with Crippen LogP contribution in [0.4, 0.5) is 5.82 Å². The zero-order chi connectivity index (χ0) is 24.5. The summed E-state index contributed by atoms with van der Waals surface area (Å²) >= 11 is 0. The van der Waals surface area contributed by atoms with E-state index in [0.29, 0.717) is 33.8 Å². The van der Waals surface area contributed by atoms with Crippen molar-refractivity contribution in [2.45, 2.75) is 19.9 Å². The van der Waals surface area contributed by atoms with E-state index in [2.05, 4.69) is 27.2 Å². The maximum Gasteiger partial charge on any atom is 0.267 e. The quantitative estimate of drug-likeness (QED) is 0.396. The van der Waals surface area contributed by atoms with Gasteiger partial charge in [-0.3, -0.25) is 14.0 Å². The number of nitrogen functional groups attached to an aromatic ring is 1. The predicted octanol–water partition coefficient (Wildman–Crippen LogP) is 2.85. The maximum absolute atomic E-state index is 13.8. The van der Waals surface area contributed by atoms with Crippen molar-refractivity contribution in [3.8, 4) is 23.0 Å². The topological polar surface area (TPSA) is 120 Å². The van der Waals surface area contributed by atoms with E-state index in [1.807, 2.05) is 30.3 Å². The molecule has 0 radical (unpaired) electrons. The largest absolute Gasteiger partial charge is 0.381 e. The molecule has 9 heteroatoms. The fraction of sp³-hybridized carbons (Fsp3) is 0.115. The van der Waals surface area contributed by atoms with Crippen LogP contribution in [0.2, 0.25) is 0 Å². The number of benzene rings is 1. The number of anilines is 1. The molecule has 0 bridgehead atoms. The molecule has 0 spiro atoms. The Morgan fingerprint density at radius 2 is 1.91 bits per heavy atom. The van der Waals surface area contributed by atoms with Crippen molar-refractivity contribution < 1.29 is 4.79 Å². The molecule has 0 unspecified atom stereocenters. The second-order valence-corrected chi connectivity index (χ2v) is 7.87. The highest BCUT2D eigenvalue weighted by molar-refractivity contribution is 6.04. The molecule has 5 rings (SSSR count). The van der Waals surface area contributed by atoms with E-state index in [9.17, 15) is 9.59 Å². The van der Waals surface area contributed by atoms with Gasteiger partial charge in [-0.05, 0) is 43.5 Å². The number of nitrogens with two attached hydrogens (primary N) is 1. The Hall–Kier alpha value is -4.97. The number of hydrogen-bond donors (Lipinski definition) is 2. The zero-order valence-electron chi connectivity index (χ0n) is 19.1. The van der Waals surface area contributed by atoms with Crippen molar-refractivity contribution >= 4 is 23.0 Å². The third kappa shape index (κ3) is 3.77. The molecular formula is C26H21N7O2. The number of amides is 1. The Balaban J connectivity index is 1.66. The number of hydrogen-bond acceptors (Lipinski definition) is 6. The second-order valence-electron chi connectivity index (χ2n) is 7.87. The first-order valence-corrected chi connectivity index (χ1v) is 10.9. The number of carbonyl (C=O) groups excluding carboxylic acids is 1. The van der Waals surface area contributed by atoms with Gasteiger partial charge in [0.1, 0.15) is 16.9 Å². The lowest BCUT2D eigenvalue weighted by molar-refractivity contribution is 0.0941. The van der Waals surface area contributed by atoms with Crippen LogP contribution in [-0.4, -0.2) is 29.9 Å². The van der Waals surface area contributed by atoms with Crippen molar-refractivity contribution in [2.75, 3.05) is 5.73 Å². The lowest BCUT2D eigenvalue weighted by Crippen LogP contribution is -2.31. The van der Waals surface area contributed by atoms with E-state index in [4.69, 9.17) is 10.7 Å². The van der Waals surface area contributed by atoms with Gasteiger partial charge in [0.25, 0.3) is 11.5 Å². The third-order valence-corrected chi connectivity index (χ3v) is 5.60. The number of nitrogens with zero attached hydrogens (tertiary/aromatic N) is 5. The average Bonchev–Trinajstić information content (AvgIpc) is 3.20. The molecule has 0 aliphatic rings. The standard InChI is InChI=1S/C26H21N7O2/c1-3-9-18-12-7-13-19-30-22(20(26(35)33(18)19)17-10-5-4-6-11-17)16(2)29-25(34)21-23(27)31-32-15-8-14-28-24(21)32/h4-8,10-16H,1-2H3,(H2,27,31)(H,29,34)/t16-/m1/s1. The van der Waals surface area contributed by atoms with Crippen LogP contribution in [0.5, 0.6) is 0 Å². The molecule has 35 heavy (non-hydrogen) atoms. The molecule has 4 heterocycles. The number of nitrogens with one attached hydrogen (secondary N) is 1. The highest BCUT2D eigenvalue weighted by Crippen LogP contribution is 2.26. The van der Waals surface area contributed by atoms with Crippen molar-refractivity contribution in [2.24, 2.45) is 0 Å². The normalized spacial score (nSPS) is 11.7. The summed E-state index contributed by atoms with van der Waals surface area (Å²) in [5.74, 6) is 5.41. The van der Waals surface area contributed by atoms with E-state index >= 15 is 0 Å². The summed E-state index contributed by atoms with van der Waals surface area (Å²) < 4.78 is 2.94. The Morgan fingerprint density at radius 3 is 2.69 bits per heavy atom. The molecule has 172 valence electrons. The van der Waals surface area contributed by atoms with E-state index in [1.165, 1.54) is 8.92 Å². The van der Waals surface area contributed by atoms with Gasteiger partial charge in [0.05, 0.1) is 17.3 Å². The first-order valence-electron chi connectivity index (χ1n) is 10.9. The minimum atomic E-state index is -0.630. The predicted molar refractivity (Wildman–Crippen MR) is 133 cm³/mol. The van der Waals surface area contributed by atoms with Crippen LogP contribution >= 0.6 is 0 Å². The van der Waals surface area contributed by atoms with E-state index < -0.39 is 11.9 Å². The molecular weight excluding hydrogens is 442 g/mol. The minimum absolute atomic E-state index is 0.0611. The van der Waals surface area contributed by atoms with Crippen LogP contribution in [0.15, 0.2) is 71.8 Å². The Bertz CT molecular complexity index is 1710. The molecule has 0 fully saturated rings. The van der Waals surface area contributed by atoms with Crippen LogP contribution in [0, 0.1) is 11.8 Å². The molecule has 3 N–H and O–H groups in total. The lowest BCUT2D eigenvalue weighted by atomic mass is 10.0. The van der Waals surface area contributed by atoms with Gasteiger partial charge in [-0.25, -0.2) is 14.5 Å². The van der Waals surface area contributed by atoms with E-state index in [1.54, 1.807) is 50.5 Å². The van der Waals surface area contributed by atoms with Crippen LogP contribution in [0.1, 0.15) is 41.6 Å². The monoisotopic (exact) mass is 463 g/mol. The first-order chi connectivity index (χ1) is 17.0. The fourth-order valence-electron chi connectivity index (χ4n) is 4.07. The second kappa shape index (κ2) is 8.76. The van der Waals surface area contributed by atoms with Gasteiger partial charge in [0.15, 0.2) is 11.5 Å². The Morgan fingerprint density at radius 1 is 1.11 bits per heavy atom. The van der Waals surface area contributed by atoms with Crippen LogP contribution in [0.25, 0.3) is 22.4 Å². The Labute approximate surface area is 200 Å². The van der Waals surface area contributed by atoms with Gasteiger partial charge in [0.2, 0.25) is 0 Å². The molecule has 0 aliphatic carbocycles. The summed E-state index contributed by atoms with van der Waals surface area (Å²) in [7, 11) is 0. The van der Waals surface area contributed by atoms with Crippen molar-refractivity contribution in [3.05, 3.63) is 94.3 Å². The number of aromatic nitrogens is 5. The lowest BCUT2D eigenvalue weighted by Gasteiger charge is -2.18. The molecule has 0 saturated heterocycles. The number of rotatable bonds is 4. The highest BCUT2D eigenvalue weighted by atomic mass is 16.2. The van der Waals surface area contributed by atoms with Gasteiger partial charge >= 0.3 is 0 Å². The summed E-state index contributed by atoms with van der Waals surface area (Å²) in [6.07, 6.45) is 3.22. The smallest absolute Gasteiger partial charge is 0.267 e. The Kier molecular flexibility index (Phi) is 5.47. The van der Waals surface area contributed by atoms with E-state index in [0.717, 1.165) is 0 Å². The SMILES string of the molecule is CC#Cc1cccc2nc([C@@H](C)NC(=O)c3c(N)nn4cccnc34)c(-c3ccccc3)c(=O)n12. The summed E-state index contributed by atoms with van der Waals surface area (Å²) in [6, 6.07) is 15.6. The summed E-state index contributed by atoms with van der Waals surface area (Å²) in [5.41, 5.74) is 8.72. The molecule has 0 aliphatic heterocycles. The van der Waals surface area contributed by atoms with Gasteiger partial charge < -0.3 is 11.1 Å². The number of pyridine rings is 1. The average molecular weight is 464 g/mol. The van der Waals surface area contributed by atoms with Gasteiger partial charge in [-0.15, -0.1) is 5.10 Å². The number of carbonyl (C=O) groups is 1. The molecule has 4 aromatic heterocycles. The summed E-state index contributed by atoms with van der Waals surface area (Å²) in [4.78, 5) is 36.1.